The molecule has 138 valence electrons. The molecule has 0 saturated heterocycles. The lowest BCUT2D eigenvalue weighted by molar-refractivity contribution is -0.118. The first-order valence-electron chi connectivity index (χ1n) is 8.85. The van der Waals surface area contributed by atoms with Crippen molar-refractivity contribution in [3.05, 3.63) is 60.2 Å². The van der Waals surface area contributed by atoms with E-state index in [2.05, 4.69) is 28.5 Å². The quantitative estimate of drug-likeness (QED) is 0.631. The van der Waals surface area contributed by atoms with Crippen molar-refractivity contribution in [1.29, 1.82) is 0 Å². The lowest BCUT2D eigenvalue weighted by Gasteiger charge is -2.25. The van der Waals surface area contributed by atoms with E-state index in [1.54, 1.807) is 0 Å². The number of para-hydroxylation sites is 2. The van der Waals surface area contributed by atoms with Crippen LogP contribution in [0, 0.1) is 0 Å². The van der Waals surface area contributed by atoms with E-state index in [1.165, 1.54) is 28.7 Å². The molecule has 1 aromatic heterocycles. The second kappa shape index (κ2) is 7.70. The van der Waals surface area contributed by atoms with Crippen LogP contribution < -0.4 is 10.2 Å². The lowest BCUT2D eigenvalue weighted by atomic mass is 10.1. The summed E-state index contributed by atoms with van der Waals surface area (Å²) in [5, 5.41) is 12.1. The van der Waals surface area contributed by atoms with Gasteiger partial charge in [-0.3, -0.25) is 4.79 Å². The number of fused-ring (bicyclic) bond motifs is 1. The number of benzene rings is 2. The van der Waals surface area contributed by atoms with Gasteiger partial charge in [0.2, 0.25) is 11.0 Å². The molecule has 1 aliphatic heterocycles. The van der Waals surface area contributed by atoms with Gasteiger partial charge in [0.1, 0.15) is 0 Å². The fraction of sp³-hybridized carbons (Fsp3) is 0.250. The SMILES string of the molecule is C[C@@H]1Cc2ccccc2N1C(=O)[C@@H](C)Sc1nnc(Nc2ccccc2)s1. The van der Waals surface area contributed by atoms with Crippen LogP contribution in [0.1, 0.15) is 19.4 Å². The van der Waals surface area contributed by atoms with Gasteiger partial charge in [0.25, 0.3) is 0 Å². The Hall–Kier alpha value is -2.38. The Morgan fingerprint density at radius 1 is 1.19 bits per heavy atom. The predicted octanol–water partition coefficient (Wildman–Crippen LogP) is 4.74. The summed E-state index contributed by atoms with van der Waals surface area (Å²) in [6, 6.07) is 18.2. The Labute approximate surface area is 166 Å². The smallest absolute Gasteiger partial charge is 0.240 e. The summed E-state index contributed by atoms with van der Waals surface area (Å²) in [4.78, 5) is 15.0. The molecule has 0 spiro atoms. The Bertz CT molecular complexity index is 944. The Morgan fingerprint density at radius 2 is 1.93 bits per heavy atom. The molecule has 1 amide bonds. The molecule has 2 aromatic carbocycles. The van der Waals surface area contributed by atoms with Crippen molar-refractivity contribution >= 4 is 45.5 Å². The topological polar surface area (TPSA) is 58.1 Å². The van der Waals surface area contributed by atoms with Crippen molar-refractivity contribution in [1.82, 2.24) is 10.2 Å². The molecule has 27 heavy (non-hydrogen) atoms. The van der Waals surface area contributed by atoms with Crippen molar-refractivity contribution in [2.45, 2.75) is 35.9 Å². The molecule has 0 fully saturated rings. The zero-order valence-electron chi connectivity index (χ0n) is 15.1. The van der Waals surface area contributed by atoms with Crippen LogP contribution in [0.3, 0.4) is 0 Å². The van der Waals surface area contributed by atoms with Gasteiger partial charge in [-0.15, -0.1) is 10.2 Å². The molecule has 0 aliphatic carbocycles. The second-order valence-electron chi connectivity index (χ2n) is 6.51. The van der Waals surface area contributed by atoms with Crippen LogP contribution in [0.2, 0.25) is 0 Å². The predicted molar refractivity (Wildman–Crippen MR) is 112 cm³/mol. The fourth-order valence-electron chi connectivity index (χ4n) is 3.25. The van der Waals surface area contributed by atoms with Crippen LogP contribution in [-0.2, 0) is 11.2 Å². The molecule has 0 saturated carbocycles. The Kier molecular flexibility index (Phi) is 5.13. The van der Waals surface area contributed by atoms with E-state index in [4.69, 9.17) is 0 Å². The summed E-state index contributed by atoms with van der Waals surface area (Å²) in [6.07, 6.45) is 0.906. The molecule has 0 unspecified atom stereocenters. The van der Waals surface area contributed by atoms with E-state index >= 15 is 0 Å². The normalized spacial score (nSPS) is 16.8. The largest absolute Gasteiger partial charge is 0.330 e. The van der Waals surface area contributed by atoms with Crippen LogP contribution in [0.5, 0.6) is 0 Å². The first-order chi connectivity index (χ1) is 13.1. The highest BCUT2D eigenvalue weighted by atomic mass is 32.2. The van der Waals surface area contributed by atoms with E-state index in [9.17, 15) is 4.79 Å². The third-order valence-corrected chi connectivity index (χ3v) is 6.51. The fourth-order valence-corrected chi connectivity index (χ4v) is 5.22. The molecule has 5 nitrogen and oxygen atoms in total. The van der Waals surface area contributed by atoms with Gasteiger partial charge in [0.15, 0.2) is 4.34 Å². The van der Waals surface area contributed by atoms with Gasteiger partial charge in [-0.25, -0.2) is 0 Å². The highest BCUT2D eigenvalue weighted by Crippen LogP contribution is 2.36. The van der Waals surface area contributed by atoms with E-state index in [0.717, 1.165) is 27.3 Å². The molecule has 1 N–H and O–H groups in total. The summed E-state index contributed by atoms with van der Waals surface area (Å²) in [7, 11) is 0. The van der Waals surface area contributed by atoms with Gasteiger partial charge in [-0.05, 0) is 44.0 Å². The second-order valence-corrected chi connectivity index (χ2v) is 9.08. The van der Waals surface area contributed by atoms with Crippen molar-refractivity contribution in [3.63, 3.8) is 0 Å². The van der Waals surface area contributed by atoms with Gasteiger partial charge in [-0.1, -0.05) is 59.5 Å². The summed E-state index contributed by atoms with van der Waals surface area (Å²) >= 11 is 2.92. The number of rotatable bonds is 5. The number of nitrogens with zero attached hydrogens (tertiary/aromatic N) is 3. The van der Waals surface area contributed by atoms with Gasteiger partial charge in [-0.2, -0.15) is 0 Å². The molecule has 2 heterocycles. The molecule has 0 radical (unpaired) electrons. The molecule has 0 bridgehead atoms. The lowest BCUT2D eigenvalue weighted by Crippen LogP contribution is -2.40. The van der Waals surface area contributed by atoms with Gasteiger partial charge in [0.05, 0.1) is 5.25 Å². The maximum Gasteiger partial charge on any atom is 0.240 e. The first kappa shape index (κ1) is 18.0. The summed E-state index contributed by atoms with van der Waals surface area (Å²) in [5.74, 6) is 0.116. The number of hydrogen-bond donors (Lipinski definition) is 1. The Morgan fingerprint density at radius 3 is 2.74 bits per heavy atom. The van der Waals surface area contributed by atoms with Crippen molar-refractivity contribution in [3.8, 4) is 0 Å². The third-order valence-electron chi connectivity index (χ3n) is 4.50. The van der Waals surface area contributed by atoms with Crippen LogP contribution in [0.4, 0.5) is 16.5 Å². The van der Waals surface area contributed by atoms with Crippen LogP contribution in [0.15, 0.2) is 58.9 Å². The number of amides is 1. The van der Waals surface area contributed by atoms with Gasteiger partial charge >= 0.3 is 0 Å². The minimum atomic E-state index is -0.226. The summed E-state index contributed by atoms with van der Waals surface area (Å²) in [6.45, 7) is 4.04. The number of hydrogen-bond acceptors (Lipinski definition) is 6. The molecule has 3 aromatic rings. The third kappa shape index (κ3) is 3.84. The summed E-state index contributed by atoms with van der Waals surface area (Å²) in [5.41, 5.74) is 3.24. The zero-order chi connectivity index (χ0) is 18.8. The number of nitrogens with one attached hydrogen (secondary N) is 1. The van der Waals surface area contributed by atoms with Crippen LogP contribution >= 0.6 is 23.1 Å². The first-order valence-corrected chi connectivity index (χ1v) is 10.5. The maximum atomic E-state index is 13.1. The zero-order valence-corrected chi connectivity index (χ0v) is 16.8. The van der Waals surface area contributed by atoms with E-state index in [1.807, 2.05) is 60.4 Å². The van der Waals surface area contributed by atoms with Gasteiger partial charge < -0.3 is 10.2 Å². The molecular weight excluding hydrogens is 376 g/mol. The molecule has 4 rings (SSSR count). The van der Waals surface area contributed by atoms with E-state index < -0.39 is 0 Å². The molecular formula is C20H20N4OS2. The van der Waals surface area contributed by atoms with Crippen molar-refractivity contribution < 1.29 is 4.79 Å². The average Bonchev–Trinajstić information content (AvgIpc) is 3.24. The number of aromatic nitrogens is 2. The Balaban J connectivity index is 1.43. The van der Waals surface area contributed by atoms with E-state index in [0.29, 0.717) is 0 Å². The van der Waals surface area contributed by atoms with Crippen molar-refractivity contribution in [2.75, 3.05) is 10.2 Å². The number of anilines is 3. The summed E-state index contributed by atoms with van der Waals surface area (Å²) < 4.78 is 0.786. The van der Waals surface area contributed by atoms with Crippen LogP contribution in [-0.4, -0.2) is 27.4 Å². The highest BCUT2D eigenvalue weighted by molar-refractivity contribution is 8.02. The average molecular weight is 397 g/mol. The monoisotopic (exact) mass is 396 g/mol. The molecule has 2 atom stereocenters. The molecule has 1 aliphatic rings. The number of thioether (sulfide) groups is 1. The maximum absolute atomic E-state index is 13.1. The minimum Gasteiger partial charge on any atom is -0.330 e. The number of carbonyl (C=O) groups excluding carboxylic acids is 1. The van der Waals surface area contributed by atoms with Crippen molar-refractivity contribution in [2.24, 2.45) is 0 Å². The van der Waals surface area contributed by atoms with Crippen LogP contribution in [0.25, 0.3) is 0 Å². The highest BCUT2D eigenvalue weighted by Gasteiger charge is 2.33. The standard InChI is InChI=1S/C20H20N4OS2/c1-13-12-15-8-6-7-11-17(15)24(13)18(25)14(2)26-20-23-22-19(27-20)21-16-9-4-3-5-10-16/h3-11,13-14H,12H2,1-2H3,(H,21,22)/t13-,14-/m1/s1. The number of carbonyl (C=O) groups is 1. The minimum absolute atomic E-state index is 0.116. The molecule has 7 heteroatoms. The van der Waals surface area contributed by atoms with E-state index in [-0.39, 0.29) is 17.2 Å². The van der Waals surface area contributed by atoms with Gasteiger partial charge in [0, 0.05) is 17.4 Å².